The van der Waals surface area contributed by atoms with Gasteiger partial charge in [-0.3, -0.25) is 4.72 Å². The van der Waals surface area contributed by atoms with Crippen LogP contribution in [0.3, 0.4) is 0 Å². The van der Waals surface area contributed by atoms with Crippen molar-refractivity contribution >= 4 is 20.0 Å². The van der Waals surface area contributed by atoms with Crippen LogP contribution in [0.25, 0.3) is 0 Å². The van der Waals surface area contributed by atoms with Crippen LogP contribution in [0.2, 0.25) is 24.7 Å². The van der Waals surface area contributed by atoms with Gasteiger partial charge in [-0.2, -0.15) is 0 Å². The van der Waals surface area contributed by atoms with Gasteiger partial charge in [0.15, 0.2) is 0 Å². The van der Waals surface area contributed by atoms with Gasteiger partial charge < -0.3 is 0 Å². The lowest BCUT2D eigenvalue weighted by Gasteiger charge is -2.26. The largest absolute Gasteiger partial charge is 0.264 e. The molecule has 0 atom stereocenters. The Hall–Kier alpha value is 0.527. The molecule has 0 heterocycles. The van der Waals surface area contributed by atoms with Gasteiger partial charge in [-0.25, -0.2) is 0 Å². The third kappa shape index (κ3) is 6.58. The summed E-state index contributed by atoms with van der Waals surface area (Å²) in [7, 11) is -0.882. The van der Waals surface area contributed by atoms with E-state index in [0.29, 0.717) is 0 Å². The van der Waals surface area contributed by atoms with Crippen LogP contribution in [-0.4, -0.2) is 20.4 Å². The number of rotatable bonds is 7. The zero-order chi connectivity index (χ0) is 10.3. The molecule has 0 fully saturated rings. The normalized spacial score (nSPS) is 12.5. The van der Waals surface area contributed by atoms with Crippen molar-refractivity contribution in [2.24, 2.45) is 0 Å². The highest BCUT2D eigenvalue weighted by Crippen LogP contribution is 2.26. The molecule has 0 aliphatic heterocycles. The first kappa shape index (κ1) is 13.5. The molecule has 0 unspecified atom stereocenters. The second kappa shape index (κ2) is 6.90. The summed E-state index contributed by atoms with van der Waals surface area (Å²) in [6.07, 6.45) is 1.38. The molecule has 1 N–H and O–H groups in total. The van der Waals surface area contributed by atoms with Crippen LogP contribution in [0.15, 0.2) is 0 Å². The molecule has 0 amide bonds. The second-order valence-corrected chi connectivity index (χ2v) is 11.2. The van der Waals surface area contributed by atoms with Crippen LogP contribution in [0, 0.1) is 0 Å². The summed E-state index contributed by atoms with van der Waals surface area (Å²) >= 11 is 1.88. The minimum Gasteiger partial charge on any atom is -0.264 e. The predicted octanol–water partition coefficient (Wildman–Crippen LogP) is 3.75. The van der Waals surface area contributed by atoms with Crippen LogP contribution in [0.4, 0.5) is 0 Å². The zero-order valence-corrected chi connectivity index (χ0v) is 11.6. The van der Waals surface area contributed by atoms with Crippen molar-refractivity contribution in [1.29, 1.82) is 0 Å². The van der Waals surface area contributed by atoms with Crippen molar-refractivity contribution in [3.63, 3.8) is 0 Å². The second-order valence-electron chi connectivity index (χ2n) is 4.59. The molecule has 0 aliphatic rings. The van der Waals surface area contributed by atoms with Gasteiger partial charge in [-0.05, 0) is 6.42 Å². The average molecular weight is 219 g/mol. The molecule has 0 rings (SSSR count). The van der Waals surface area contributed by atoms with Gasteiger partial charge in [0.2, 0.25) is 0 Å². The molecule has 0 aromatic rings. The molecule has 0 aromatic heterocycles. The van der Waals surface area contributed by atoms with E-state index in [2.05, 4.69) is 38.6 Å². The summed E-state index contributed by atoms with van der Waals surface area (Å²) in [6, 6.07) is 1.48. The van der Waals surface area contributed by atoms with Crippen LogP contribution >= 0.6 is 11.9 Å². The van der Waals surface area contributed by atoms with Gasteiger partial charge in [0, 0.05) is 20.4 Å². The number of hydrogen-bond donors (Lipinski definition) is 1. The van der Waals surface area contributed by atoms with Gasteiger partial charge in [0.1, 0.15) is 0 Å². The van der Waals surface area contributed by atoms with E-state index in [0.717, 1.165) is 12.1 Å². The van der Waals surface area contributed by atoms with Gasteiger partial charge in [0.05, 0.1) is 0 Å². The molecule has 80 valence electrons. The first-order chi connectivity index (χ1) is 6.00. The van der Waals surface area contributed by atoms with Crippen molar-refractivity contribution < 1.29 is 0 Å². The molecule has 0 saturated carbocycles. The first-order valence-corrected chi connectivity index (χ1v) is 9.62. The molecular weight excluding hydrogens is 194 g/mol. The fourth-order valence-corrected chi connectivity index (χ4v) is 3.62. The van der Waals surface area contributed by atoms with Crippen molar-refractivity contribution in [3.05, 3.63) is 0 Å². The molecule has 13 heavy (non-hydrogen) atoms. The maximum Gasteiger partial charge on any atom is 0.0499 e. The third-order valence-electron chi connectivity index (χ3n) is 2.88. The SMILES string of the molecule is CCNSCCC[Si](C)(C)C(C)C. The fourth-order valence-electron chi connectivity index (χ4n) is 1.06. The van der Waals surface area contributed by atoms with Crippen molar-refractivity contribution in [2.75, 3.05) is 12.3 Å². The number of hydrogen-bond acceptors (Lipinski definition) is 2. The highest BCUT2D eigenvalue weighted by molar-refractivity contribution is 7.97. The molecule has 0 aromatic carbocycles. The van der Waals surface area contributed by atoms with Gasteiger partial charge >= 0.3 is 0 Å². The lowest BCUT2D eigenvalue weighted by molar-refractivity contribution is 0.945. The lowest BCUT2D eigenvalue weighted by atomic mass is 10.5. The minimum absolute atomic E-state index is 0.882. The zero-order valence-electron chi connectivity index (χ0n) is 9.81. The lowest BCUT2D eigenvalue weighted by Crippen LogP contribution is -2.29. The summed E-state index contributed by atoms with van der Waals surface area (Å²) in [6.45, 7) is 13.0. The Labute approximate surface area is 89.2 Å². The van der Waals surface area contributed by atoms with Crippen LogP contribution in [-0.2, 0) is 0 Å². The van der Waals surface area contributed by atoms with E-state index in [1.807, 2.05) is 11.9 Å². The Balaban J connectivity index is 3.41. The van der Waals surface area contributed by atoms with Crippen LogP contribution in [0.1, 0.15) is 27.2 Å². The molecule has 0 radical (unpaired) electrons. The maximum absolute atomic E-state index is 3.30. The van der Waals surface area contributed by atoms with Crippen molar-refractivity contribution in [2.45, 2.75) is 51.9 Å². The Morgan fingerprint density at radius 1 is 1.31 bits per heavy atom. The summed E-state index contributed by atoms with van der Waals surface area (Å²) in [5.74, 6) is 1.27. The predicted molar refractivity (Wildman–Crippen MR) is 68.1 cm³/mol. The van der Waals surface area contributed by atoms with E-state index in [1.54, 1.807) is 0 Å². The van der Waals surface area contributed by atoms with E-state index in [-0.39, 0.29) is 0 Å². The summed E-state index contributed by atoms with van der Waals surface area (Å²) < 4.78 is 3.30. The molecule has 0 bridgehead atoms. The highest BCUT2D eigenvalue weighted by Gasteiger charge is 2.23. The van der Waals surface area contributed by atoms with E-state index in [9.17, 15) is 0 Å². The topological polar surface area (TPSA) is 12.0 Å². The van der Waals surface area contributed by atoms with Crippen LogP contribution < -0.4 is 4.72 Å². The average Bonchev–Trinajstić information content (AvgIpc) is 2.03. The smallest absolute Gasteiger partial charge is 0.0499 e. The Kier molecular flexibility index (Phi) is 7.18. The van der Waals surface area contributed by atoms with E-state index >= 15 is 0 Å². The third-order valence-corrected chi connectivity index (χ3v) is 8.63. The molecule has 3 heteroatoms. The van der Waals surface area contributed by atoms with Gasteiger partial charge in [-0.1, -0.05) is 57.4 Å². The summed E-state index contributed by atoms with van der Waals surface area (Å²) in [4.78, 5) is 0. The first-order valence-electron chi connectivity index (χ1n) is 5.35. The van der Waals surface area contributed by atoms with Crippen LogP contribution in [0.5, 0.6) is 0 Å². The number of nitrogens with one attached hydrogen (secondary N) is 1. The molecule has 0 aliphatic carbocycles. The van der Waals surface area contributed by atoms with E-state index < -0.39 is 8.07 Å². The standard InChI is InChI=1S/C10H25NSSi/c1-6-11-12-8-7-9-13(4,5)10(2)3/h10-11H,6-9H2,1-5H3. The van der Waals surface area contributed by atoms with Gasteiger partial charge in [0.25, 0.3) is 0 Å². The summed E-state index contributed by atoms with van der Waals surface area (Å²) in [5, 5.41) is 0. The van der Waals surface area contributed by atoms with E-state index in [1.165, 1.54) is 18.2 Å². The Bertz CT molecular complexity index is 126. The maximum atomic E-state index is 3.30. The van der Waals surface area contributed by atoms with Crippen molar-refractivity contribution in [3.8, 4) is 0 Å². The molecule has 1 nitrogen and oxygen atoms in total. The molecule has 0 saturated heterocycles. The minimum atomic E-state index is -0.882. The van der Waals surface area contributed by atoms with Crippen molar-refractivity contribution in [1.82, 2.24) is 4.72 Å². The van der Waals surface area contributed by atoms with Gasteiger partial charge in [-0.15, -0.1) is 0 Å². The summed E-state index contributed by atoms with van der Waals surface area (Å²) in [5.41, 5.74) is 0.927. The Morgan fingerprint density at radius 3 is 2.38 bits per heavy atom. The van der Waals surface area contributed by atoms with E-state index in [4.69, 9.17) is 0 Å². The monoisotopic (exact) mass is 219 g/mol. The quantitative estimate of drug-likeness (QED) is 0.397. The fraction of sp³-hybridized carbons (Fsp3) is 1.00. The highest BCUT2D eigenvalue weighted by atomic mass is 32.2. The molecule has 0 spiro atoms. The molecular formula is C10H25NSSi. The Morgan fingerprint density at radius 2 is 1.92 bits per heavy atom.